The summed E-state index contributed by atoms with van der Waals surface area (Å²) in [7, 11) is 0. The van der Waals surface area contributed by atoms with Crippen LogP contribution in [0.5, 0.6) is 0 Å². The summed E-state index contributed by atoms with van der Waals surface area (Å²) in [5.74, 6) is 4.19. The Labute approximate surface area is 97.0 Å². The van der Waals surface area contributed by atoms with Crippen molar-refractivity contribution >= 4 is 0 Å². The summed E-state index contributed by atoms with van der Waals surface area (Å²) in [6.07, 6.45) is 5.37. The lowest BCUT2D eigenvalue weighted by molar-refractivity contribution is 0.193. The van der Waals surface area contributed by atoms with Gasteiger partial charge < -0.3 is 15.7 Å². The lowest BCUT2D eigenvalue weighted by atomic mass is 10.0. The highest BCUT2D eigenvalue weighted by molar-refractivity contribution is 5.16. The molecule has 0 aromatic heterocycles. The Bertz CT molecular complexity index is 280. The molecule has 3 saturated carbocycles. The highest BCUT2D eigenvalue weighted by Gasteiger charge is 2.64. The number of β-amino-alcohol motifs (C(OH)–C–C–N with tert-alkyl or cyclic N) is 1. The first-order valence-corrected chi connectivity index (χ1v) is 6.98. The minimum absolute atomic E-state index is 0.110. The quantitative estimate of drug-likeness (QED) is 0.645. The molecule has 0 aromatic carbocycles. The van der Waals surface area contributed by atoms with Crippen LogP contribution in [0.3, 0.4) is 0 Å². The summed E-state index contributed by atoms with van der Waals surface area (Å²) >= 11 is 0. The SMILES string of the molecule is OC1CNC(CNC2C3C4CCC(C4)C23)C1. The number of aliphatic hydroxyl groups excluding tert-OH is 1. The fourth-order valence-corrected chi connectivity index (χ4v) is 4.83. The summed E-state index contributed by atoms with van der Waals surface area (Å²) in [5.41, 5.74) is 0. The van der Waals surface area contributed by atoms with Gasteiger partial charge in [-0.15, -0.1) is 0 Å². The van der Waals surface area contributed by atoms with Crippen LogP contribution in [-0.2, 0) is 0 Å². The van der Waals surface area contributed by atoms with Crippen LogP contribution in [0.15, 0.2) is 0 Å². The van der Waals surface area contributed by atoms with Gasteiger partial charge in [-0.2, -0.15) is 0 Å². The molecule has 4 fully saturated rings. The van der Waals surface area contributed by atoms with Gasteiger partial charge >= 0.3 is 0 Å². The van der Waals surface area contributed by atoms with E-state index in [2.05, 4.69) is 10.6 Å². The van der Waals surface area contributed by atoms with Crippen molar-refractivity contribution in [3.63, 3.8) is 0 Å². The van der Waals surface area contributed by atoms with Crippen LogP contribution in [0.1, 0.15) is 25.7 Å². The van der Waals surface area contributed by atoms with Gasteiger partial charge in [-0.3, -0.25) is 0 Å². The summed E-state index contributed by atoms with van der Waals surface area (Å²) in [5, 5.41) is 16.6. The molecule has 3 heteroatoms. The predicted octanol–water partition coefficient (Wildman–Crippen LogP) is 0.343. The summed E-state index contributed by atoms with van der Waals surface area (Å²) in [6.45, 7) is 1.85. The molecule has 1 saturated heterocycles. The van der Waals surface area contributed by atoms with Crippen molar-refractivity contribution in [3.8, 4) is 0 Å². The standard InChI is InChI=1S/C13H22N2O/c16-10-4-9(14-6-10)5-15-13-11-7-1-2-8(3-7)12(11)13/h7-16H,1-6H2. The normalized spacial score (nSPS) is 57.9. The Morgan fingerprint density at radius 2 is 1.88 bits per heavy atom. The van der Waals surface area contributed by atoms with Gasteiger partial charge in [0.25, 0.3) is 0 Å². The van der Waals surface area contributed by atoms with Crippen molar-refractivity contribution in [2.45, 2.75) is 43.9 Å². The zero-order valence-corrected chi connectivity index (χ0v) is 9.73. The number of nitrogens with one attached hydrogen (secondary N) is 2. The summed E-state index contributed by atoms with van der Waals surface area (Å²) < 4.78 is 0. The van der Waals surface area contributed by atoms with Gasteiger partial charge in [-0.1, -0.05) is 0 Å². The van der Waals surface area contributed by atoms with Gasteiger partial charge in [-0.05, 0) is 49.4 Å². The van der Waals surface area contributed by atoms with E-state index < -0.39 is 0 Å². The molecule has 2 bridgehead atoms. The third-order valence-corrected chi connectivity index (χ3v) is 5.53. The number of hydrogen-bond donors (Lipinski definition) is 3. The van der Waals surface area contributed by atoms with E-state index in [-0.39, 0.29) is 6.10 Å². The maximum absolute atomic E-state index is 9.45. The molecule has 3 aliphatic carbocycles. The Morgan fingerprint density at radius 1 is 1.12 bits per heavy atom. The monoisotopic (exact) mass is 222 g/mol. The Hall–Kier alpha value is -0.120. The first-order chi connectivity index (χ1) is 7.83. The van der Waals surface area contributed by atoms with Crippen molar-refractivity contribution < 1.29 is 5.11 Å². The van der Waals surface area contributed by atoms with Gasteiger partial charge in [0.1, 0.15) is 0 Å². The molecular weight excluding hydrogens is 200 g/mol. The molecule has 16 heavy (non-hydrogen) atoms. The Balaban J connectivity index is 1.28. The van der Waals surface area contributed by atoms with E-state index in [1.54, 1.807) is 0 Å². The number of hydrogen-bond acceptors (Lipinski definition) is 3. The van der Waals surface area contributed by atoms with Gasteiger partial charge in [0, 0.05) is 25.2 Å². The van der Waals surface area contributed by atoms with Crippen LogP contribution in [-0.4, -0.2) is 36.4 Å². The molecular formula is C13H22N2O. The number of rotatable bonds is 3. The van der Waals surface area contributed by atoms with Crippen LogP contribution in [0.25, 0.3) is 0 Å². The third kappa shape index (κ3) is 1.38. The molecule has 3 nitrogen and oxygen atoms in total. The van der Waals surface area contributed by atoms with E-state index in [1.807, 2.05) is 0 Å². The molecule has 6 unspecified atom stereocenters. The van der Waals surface area contributed by atoms with E-state index in [0.717, 1.165) is 49.2 Å². The second-order valence-corrected chi connectivity index (χ2v) is 6.42. The van der Waals surface area contributed by atoms with E-state index in [9.17, 15) is 5.11 Å². The fourth-order valence-electron chi connectivity index (χ4n) is 4.83. The van der Waals surface area contributed by atoms with E-state index in [4.69, 9.17) is 0 Å². The first-order valence-electron chi connectivity index (χ1n) is 6.98. The smallest absolute Gasteiger partial charge is 0.0680 e. The lowest BCUT2D eigenvalue weighted by Gasteiger charge is -2.14. The largest absolute Gasteiger partial charge is 0.392 e. The van der Waals surface area contributed by atoms with Crippen molar-refractivity contribution in [1.82, 2.24) is 10.6 Å². The second-order valence-electron chi connectivity index (χ2n) is 6.42. The number of aliphatic hydroxyl groups is 1. The van der Waals surface area contributed by atoms with Crippen molar-refractivity contribution in [3.05, 3.63) is 0 Å². The molecule has 1 aliphatic heterocycles. The van der Waals surface area contributed by atoms with E-state index in [1.165, 1.54) is 19.3 Å². The molecule has 90 valence electrons. The minimum Gasteiger partial charge on any atom is -0.392 e. The summed E-state index contributed by atoms with van der Waals surface area (Å²) in [6, 6.07) is 1.35. The lowest BCUT2D eigenvalue weighted by Crippen LogP contribution is -2.36. The minimum atomic E-state index is -0.110. The molecule has 0 spiro atoms. The van der Waals surface area contributed by atoms with Gasteiger partial charge in [0.2, 0.25) is 0 Å². The van der Waals surface area contributed by atoms with E-state index >= 15 is 0 Å². The van der Waals surface area contributed by atoms with Gasteiger partial charge in [0.15, 0.2) is 0 Å². The zero-order chi connectivity index (χ0) is 10.7. The van der Waals surface area contributed by atoms with Gasteiger partial charge in [0.05, 0.1) is 6.10 Å². The fraction of sp³-hybridized carbons (Fsp3) is 1.00. The molecule has 3 N–H and O–H groups in total. The third-order valence-electron chi connectivity index (χ3n) is 5.53. The summed E-state index contributed by atoms with van der Waals surface area (Å²) in [4.78, 5) is 0. The first kappa shape index (κ1) is 9.86. The maximum Gasteiger partial charge on any atom is 0.0680 e. The zero-order valence-electron chi connectivity index (χ0n) is 9.73. The van der Waals surface area contributed by atoms with Crippen molar-refractivity contribution in [2.75, 3.05) is 13.1 Å². The van der Waals surface area contributed by atoms with Crippen LogP contribution >= 0.6 is 0 Å². The van der Waals surface area contributed by atoms with Crippen LogP contribution in [0, 0.1) is 23.7 Å². The molecule has 1 heterocycles. The highest BCUT2D eigenvalue weighted by Crippen LogP contribution is 2.65. The second kappa shape index (κ2) is 3.44. The average Bonchev–Trinajstić information content (AvgIpc) is 2.70. The van der Waals surface area contributed by atoms with Gasteiger partial charge in [-0.25, -0.2) is 0 Å². The highest BCUT2D eigenvalue weighted by atomic mass is 16.3. The van der Waals surface area contributed by atoms with E-state index in [0.29, 0.717) is 6.04 Å². The predicted molar refractivity (Wildman–Crippen MR) is 62.0 cm³/mol. The molecule has 4 rings (SSSR count). The molecule has 4 aliphatic rings. The molecule has 0 amide bonds. The van der Waals surface area contributed by atoms with Crippen LogP contribution < -0.4 is 10.6 Å². The van der Waals surface area contributed by atoms with Crippen LogP contribution in [0.2, 0.25) is 0 Å². The van der Waals surface area contributed by atoms with Crippen molar-refractivity contribution in [1.29, 1.82) is 0 Å². The Kier molecular flexibility index (Phi) is 2.12. The molecule has 6 atom stereocenters. The molecule has 0 radical (unpaired) electrons. The van der Waals surface area contributed by atoms with Crippen molar-refractivity contribution in [2.24, 2.45) is 23.7 Å². The average molecular weight is 222 g/mol. The number of fused-ring (bicyclic) bond motifs is 5. The molecule has 0 aromatic rings. The van der Waals surface area contributed by atoms with Crippen LogP contribution in [0.4, 0.5) is 0 Å². The Morgan fingerprint density at radius 3 is 2.50 bits per heavy atom. The maximum atomic E-state index is 9.45. The topological polar surface area (TPSA) is 44.3 Å².